The first kappa shape index (κ1) is 14.4. The minimum absolute atomic E-state index is 0.0936. The maximum atomic E-state index is 11.8. The molecule has 1 aliphatic rings. The SMILES string of the molecule is COc1ccc(CC(=O)OCC2(C(N)=O)CC2)c(C)c1. The number of aryl methyl sites for hydroxylation is 1. The summed E-state index contributed by atoms with van der Waals surface area (Å²) in [6.07, 6.45) is 1.60. The fourth-order valence-electron chi connectivity index (χ4n) is 2.03. The van der Waals surface area contributed by atoms with Crippen molar-refractivity contribution in [3.05, 3.63) is 29.3 Å². The normalized spacial score (nSPS) is 15.5. The summed E-state index contributed by atoms with van der Waals surface area (Å²) in [5.41, 5.74) is 6.54. The van der Waals surface area contributed by atoms with Gasteiger partial charge in [0, 0.05) is 0 Å². The number of rotatable bonds is 6. The van der Waals surface area contributed by atoms with Crippen molar-refractivity contribution in [3.8, 4) is 5.75 Å². The average Bonchev–Trinajstić information content (AvgIpc) is 3.20. The van der Waals surface area contributed by atoms with Crippen LogP contribution in [0.4, 0.5) is 0 Å². The number of carbonyl (C=O) groups excluding carboxylic acids is 2. The van der Waals surface area contributed by atoms with Crippen LogP contribution in [-0.4, -0.2) is 25.6 Å². The summed E-state index contributed by atoms with van der Waals surface area (Å²) in [4.78, 5) is 23.0. The Balaban J connectivity index is 1.90. The van der Waals surface area contributed by atoms with Crippen molar-refractivity contribution in [2.75, 3.05) is 13.7 Å². The van der Waals surface area contributed by atoms with E-state index in [0.29, 0.717) is 12.8 Å². The number of benzene rings is 1. The Hall–Kier alpha value is -2.04. The van der Waals surface area contributed by atoms with E-state index in [1.807, 2.05) is 19.1 Å². The predicted octanol–water partition coefficient (Wildman–Crippen LogP) is 1.35. The van der Waals surface area contributed by atoms with Gasteiger partial charge in [-0.25, -0.2) is 0 Å². The molecule has 0 aromatic heterocycles. The van der Waals surface area contributed by atoms with Gasteiger partial charge in [-0.2, -0.15) is 0 Å². The van der Waals surface area contributed by atoms with Crippen molar-refractivity contribution in [3.63, 3.8) is 0 Å². The van der Waals surface area contributed by atoms with Crippen molar-refractivity contribution < 1.29 is 19.1 Å². The number of carbonyl (C=O) groups is 2. The van der Waals surface area contributed by atoms with Crippen LogP contribution in [0.15, 0.2) is 18.2 Å². The van der Waals surface area contributed by atoms with Crippen LogP contribution in [-0.2, 0) is 20.7 Å². The molecule has 2 rings (SSSR count). The highest BCUT2D eigenvalue weighted by Crippen LogP contribution is 2.45. The lowest BCUT2D eigenvalue weighted by Gasteiger charge is -2.12. The van der Waals surface area contributed by atoms with Gasteiger partial charge in [0.1, 0.15) is 12.4 Å². The van der Waals surface area contributed by atoms with E-state index in [1.54, 1.807) is 13.2 Å². The molecule has 1 fully saturated rings. The van der Waals surface area contributed by atoms with Gasteiger partial charge < -0.3 is 15.2 Å². The quantitative estimate of drug-likeness (QED) is 0.796. The first-order valence-corrected chi connectivity index (χ1v) is 6.56. The van der Waals surface area contributed by atoms with Gasteiger partial charge in [-0.05, 0) is 43.0 Å². The van der Waals surface area contributed by atoms with Gasteiger partial charge >= 0.3 is 5.97 Å². The van der Waals surface area contributed by atoms with E-state index in [-0.39, 0.29) is 24.9 Å². The van der Waals surface area contributed by atoms with Crippen LogP contribution in [0.3, 0.4) is 0 Å². The fourth-order valence-corrected chi connectivity index (χ4v) is 2.03. The Morgan fingerprint density at radius 2 is 2.05 bits per heavy atom. The highest BCUT2D eigenvalue weighted by Gasteiger charge is 2.49. The molecule has 0 spiro atoms. The standard InChI is InChI=1S/C15H19NO4/c1-10-7-12(19-2)4-3-11(10)8-13(17)20-9-15(5-6-15)14(16)18/h3-4,7H,5-6,8-9H2,1-2H3,(H2,16,18). The van der Waals surface area contributed by atoms with E-state index in [1.165, 1.54) is 0 Å². The van der Waals surface area contributed by atoms with Crippen LogP contribution in [0, 0.1) is 12.3 Å². The molecular weight excluding hydrogens is 258 g/mol. The van der Waals surface area contributed by atoms with E-state index in [4.69, 9.17) is 15.2 Å². The van der Waals surface area contributed by atoms with Gasteiger partial charge in [-0.15, -0.1) is 0 Å². The molecule has 1 amide bonds. The van der Waals surface area contributed by atoms with Gasteiger partial charge in [0.25, 0.3) is 0 Å². The smallest absolute Gasteiger partial charge is 0.310 e. The number of ether oxygens (including phenoxy) is 2. The maximum Gasteiger partial charge on any atom is 0.310 e. The summed E-state index contributed by atoms with van der Waals surface area (Å²) in [6, 6.07) is 5.52. The summed E-state index contributed by atoms with van der Waals surface area (Å²) in [7, 11) is 1.60. The molecule has 1 aromatic carbocycles. The molecule has 1 saturated carbocycles. The number of methoxy groups -OCH3 is 1. The fraction of sp³-hybridized carbons (Fsp3) is 0.467. The zero-order valence-electron chi connectivity index (χ0n) is 11.8. The third-order valence-electron chi connectivity index (χ3n) is 3.77. The largest absolute Gasteiger partial charge is 0.497 e. The first-order chi connectivity index (χ1) is 9.47. The van der Waals surface area contributed by atoms with Crippen molar-refractivity contribution >= 4 is 11.9 Å². The van der Waals surface area contributed by atoms with E-state index in [0.717, 1.165) is 16.9 Å². The number of esters is 1. The van der Waals surface area contributed by atoms with Gasteiger partial charge in [-0.1, -0.05) is 6.07 Å². The summed E-state index contributed by atoms with van der Waals surface area (Å²) >= 11 is 0. The molecule has 0 aliphatic heterocycles. The second kappa shape index (κ2) is 5.53. The van der Waals surface area contributed by atoms with Crippen molar-refractivity contribution in [1.29, 1.82) is 0 Å². The summed E-state index contributed by atoms with van der Waals surface area (Å²) in [5, 5.41) is 0. The van der Waals surface area contributed by atoms with Gasteiger partial charge in [0.2, 0.25) is 5.91 Å². The Morgan fingerprint density at radius 1 is 1.35 bits per heavy atom. The minimum Gasteiger partial charge on any atom is -0.497 e. The highest BCUT2D eigenvalue weighted by atomic mass is 16.5. The monoisotopic (exact) mass is 277 g/mol. The number of amides is 1. The van der Waals surface area contributed by atoms with Crippen molar-refractivity contribution in [2.45, 2.75) is 26.2 Å². The van der Waals surface area contributed by atoms with E-state index >= 15 is 0 Å². The number of primary amides is 1. The highest BCUT2D eigenvalue weighted by molar-refractivity contribution is 5.84. The number of hydrogen-bond acceptors (Lipinski definition) is 4. The van der Waals surface area contributed by atoms with E-state index in [9.17, 15) is 9.59 Å². The second-order valence-corrected chi connectivity index (χ2v) is 5.27. The van der Waals surface area contributed by atoms with Crippen molar-refractivity contribution in [2.24, 2.45) is 11.1 Å². The third-order valence-corrected chi connectivity index (χ3v) is 3.77. The molecule has 1 aromatic rings. The Labute approximate surface area is 118 Å². The summed E-state index contributed by atoms with van der Waals surface area (Å²) < 4.78 is 10.3. The van der Waals surface area contributed by atoms with E-state index in [2.05, 4.69) is 0 Å². The molecule has 1 aliphatic carbocycles. The van der Waals surface area contributed by atoms with Crippen LogP contribution in [0.5, 0.6) is 5.75 Å². The maximum absolute atomic E-state index is 11.8. The van der Waals surface area contributed by atoms with Crippen LogP contribution < -0.4 is 10.5 Å². The van der Waals surface area contributed by atoms with Crippen molar-refractivity contribution in [1.82, 2.24) is 0 Å². The lowest BCUT2D eigenvalue weighted by molar-refractivity contribution is -0.146. The van der Waals surface area contributed by atoms with Gasteiger partial charge in [0.15, 0.2) is 0 Å². The molecule has 2 N–H and O–H groups in total. The molecule has 0 atom stereocenters. The molecule has 0 saturated heterocycles. The van der Waals surface area contributed by atoms with Crippen LogP contribution in [0.2, 0.25) is 0 Å². The van der Waals surface area contributed by atoms with Crippen LogP contribution in [0.25, 0.3) is 0 Å². The van der Waals surface area contributed by atoms with Crippen LogP contribution >= 0.6 is 0 Å². The molecule has 5 nitrogen and oxygen atoms in total. The number of hydrogen-bond donors (Lipinski definition) is 1. The number of nitrogens with two attached hydrogens (primary N) is 1. The molecular formula is C15H19NO4. The second-order valence-electron chi connectivity index (χ2n) is 5.27. The third kappa shape index (κ3) is 3.10. The summed E-state index contributed by atoms with van der Waals surface area (Å²) in [6.45, 7) is 2.01. The molecule has 0 bridgehead atoms. The predicted molar refractivity (Wildman–Crippen MR) is 73.3 cm³/mol. The van der Waals surface area contributed by atoms with E-state index < -0.39 is 5.41 Å². The lowest BCUT2D eigenvalue weighted by Crippen LogP contribution is -2.30. The topological polar surface area (TPSA) is 78.6 Å². The molecule has 20 heavy (non-hydrogen) atoms. The average molecular weight is 277 g/mol. The molecule has 0 radical (unpaired) electrons. The first-order valence-electron chi connectivity index (χ1n) is 6.56. The molecule has 5 heteroatoms. The summed E-state index contributed by atoms with van der Waals surface area (Å²) in [5.74, 6) is 0.0296. The van der Waals surface area contributed by atoms with Gasteiger partial charge in [-0.3, -0.25) is 9.59 Å². The zero-order valence-corrected chi connectivity index (χ0v) is 11.8. The molecule has 108 valence electrons. The molecule has 0 heterocycles. The Kier molecular flexibility index (Phi) is 3.97. The molecule has 0 unspecified atom stereocenters. The van der Waals surface area contributed by atoms with Gasteiger partial charge in [0.05, 0.1) is 18.9 Å². The Bertz CT molecular complexity index is 535. The minimum atomic E-state index is -0.607. The lowest BCUT2D eigenvalue weighted by atomic mass is 10.1. The van der Waals surface area contributed by atoms with Crippen LogP contribution in [0.1, 0.15) is 24.0 Å². The zero-order chi connectivity index (χ0) is 14.8. The Morgan fingerprint density at radius 3 is 2.55 bits per heavy atom.